The highest BCUT2D eigenvalue weighted by molar-refractivity contribution is 5.76. The van der Waals surface area contributed by atoms with E-state index >= 15 is 0 Å². The van der Waals surface area contributed by atoms with Crippen LogP contribution in [-0.4, -0.2) is 29.9 Å². The third-order valence-electron chi connectivity index (χ3n) is 2.67. The van der Waals surface area contributed by atoms with Gasteiger partial charge in [0.25, 0.3) is 0 Å². The van der Waals surface area contributed by atoms with Gasteiger partial charge >= 0.3 is 0 Å². The molecule has 3 heteroatoms. The van der Waals surface area contributed by atoms with Crippen LogP contribution in [0.5, 0.6) is 0 Å². The molecule has 0 radical (unpaired) electrons. The zero-order valence-corrected chi connectivity index (χ0v) is 8.46. The van der Waals surface area contributed by atoms with E-state index in [9.17, 15) is 4.79 Å². The first-order chi connectivity index (χ1) is 6.29. The van der Waals surface area contributed by atoms with Crippen molar-refractivity contribution in [3.8, 4) is 0 Å². The molecular formula is C10H20N2O. The van der Waals surface area contributed by atoms with Gasteiger partial charge in [-0.2, -0.15) is 0 Å². The lowest BCUT2D eigenvalue weighted by molar-refractivity contribution is -0.135. The number of amides is 1. The monoisotopic (exact) mass is 184 g/mol. The van der Waals surface area contributed by atoms with E-state index in [1.807, 2.05) is 11.8 Å². The highest BCUT2D eigenvalue weighted by Crippen LogP contribution is 2.25. The molecule has 0 aromatic rings. The third-order valence-corrected chi connectivity index (χ3v) is 2.67. The Hall–Kier alpha value is -0.570. The van der Waals surface area contributed by atoms with Gasteiger partial charge in [0.15, 0.2) is 0 Å². The maximum Gasteiger partial charge on any atom is 0.222 e. The highest BCUT2D eigenvalue weighted by atomic mass is 16.2. The molecule has 1 amide bonds. The van der Waals surface area contributed by atoms with Crippen molar-refractivity contribution in [2.24, 2.45) is 5.73 Å². The van der Waals surface area contributed by atoms with Crippen LogP contribution in [0.1, 0.15) is 39.0 Å². The van der Waals surface area contributed by atoms with E-state index in [1.54, 1.807) is 0 Å². The maximum absolute atomic E-state index is 11.6. The molecule has 1 rings (SSSR count). The normalized spacial score (nSPS) is 16.8. The smallest absolute Gasteiger partial charge is 0.222 e. The fraction of sp³-hybridized carbons (Fsp3) is 0.900. The number of carbonyl (C=O) groups excluding carboxylic acids is 1. The second kappa shape index (κ2) is 5.22. The summed E-state index contributed by atoms with van der Waals surface area (Å²) in [6, 6.07) is 0.502. The summed E-state index contributed by atoms with van der Waals surface area (Å²) in [4.78, 5) is 13.6. The zero-order valence-electron chi connectivity index (χ0n) is 8.46. The molecule has 76 valence electrons. The van der Waals surface area contributed by atoms with Crippen molar-refractivity contribution < 1.29 is 4.79 Å². The summed E-state index contributed by atoms with van der Waals surface area (Å²) in [6.45, 7) is 3.37. The molecule has 3 nitrogen and oxygen atoms in total. The number of rotatable bonds is 5. The summed E-state index contributed by atoms with van der Waals surface area (Å²) in [5.74, 6) is 0.289. The lowest BCUT2D eigenvalue weighted by atomic mass is 9.91. The Morgan fingerprint density at radius 3 is 2.62 bits per heavy atom. The van der Waals surface area contributed by atoms with Crippen LogP contribution in [0.4, 0.5) is 0 Å². The van der Waals surface area contributed by atoms with Gasteiger partial charge in [0.05, 0.1) is 0 Å². The molecule has 0 aromatic carbocycles. The first kappa shape index (κ1) is 10.5. The number of hydrogen-bond acceptors (Lipinski definition) is 2. The molecule has 0 aliphatic heterocycles. The van der Waals surface area contributed by atoms with E-state index in [1.165, 1.54) is 19.3 Å². The average molecular weight is 184 g/mol. The van der Waals surface area contributed by atoms with Crippen molar-refractivity contribution in [1.82, 2.24) is 4.90 Å². The summed E-state index contributed by atoms with van der Waals surface area (Å²) >= 11 is 0. The zero-order chi connectivity index (χ0) is 9.68. The molecule has 0 bridgehead atoms. The summed E-state index contributed by atoms with van der Waals surface area (Å²) in [6.07, 6.45) is 5.24. The SMILES string of the molecule is CCCC(=O)N(CCN)C1CCC1. The molecule has 1 aliphatic rings. The predicted molar refractivity (Wildman–Crippen MR) is 53.3 cm³/mol. The van der Waals surface area contributed by atoms with Crippen LogP contribution in [0.3, 0.4) is 0 Å². The number of nitrogens with zero attached hydrogens (tertiary/aromatic N) is 1. The minimum atomic E-state index is 0.289. The lowest BCUT2D eigenvalue weighted by Crippen LogP contribution is -2.46. The van der Waals surface area contributed by atoms with Crippen LogP contribution in [0.25, 0.3) is 0 Å². The van der Waals surface area contributed by atoms with Crippen molar-refractivity contribution in [3.63, 3.8) is 0 Å². The van der Waals surface area contributed by atoms with Crippen molar-refractivity contribution >= 4 is 5.91 Å². The molecular weight excluding hydrogens is 164 g/mol. The minimum absolute atomic E-state index is 0.289. The van der Waals surface area contributed by atoms with Crippen LogP contribution in [0.2, 0.25) is 0 Å². The molecule has 1 aliphatic carbocycles. The quantitative estimate of drug-likeness (QED) is 0.696. The number of nitrogens with two attached hydrogens (primary N) is 1. The van der Waals surface area contributed by atoms with Gasteiger partial charge in [-0.05, 0) is 25.7 Å². The molecule has 0 atom stereocenters. The Bertz CT molecular complexity index is 166. The van der Waals surface area contributed by atoms with Crippen LogP contribution in [0.15, 0.2) is 0 Å². The fourth-order valence-electron chi connectivity index (χ4n) is 1.71. The van der Waals surface area contributed by atoms with Gasteiger partial charge in [0.2, 0.25) is 5.91 Å². The van der Waals surface area contributed by atoms with Crippen LogP contribution in [-0.2, 0) is 4.79 Å². The largest absolute Gasteiger partial charge is 0.338 e. The van der Waals surface area contributed by atoms with Crippen molar-refractivity contribution in [2.75, 3.05) is 13.1 Å². The van der Waals surface area contributed by atoms with Gasteiger partial charge in [-0.15, -0.1) is 0 Å². The first-order valence-corrected chi connectivity index (χ1v) is 5.29. The molecule has 0 saturated heterocycles. The molecule has 2 N–H and O–H groups in total. The van der Waals surface area contributed by atoms with E-state index in [2.05, 4.69) is 0 Å². The third kappa shape index (κ3) is 2.69. The van der Waals surface area contributed by atoms with Gasteiger partial charge in [-0.1, -0.05) is 6.92 Å². The maximum atomic E-state index is 11.6. The van der Waals surface area contributed by atoms with Crippen LogP contribution < -0.4 is 5.73 Å². The van der Waals surface area contributed by atoms with Crippen molar-refractivity contribution in [3.05, 3.63) is 0 Å². The van der Waals surface area contributed by atoms with E-state index < -0.39 is 0 Å². The van der Waals surface area contributed by atoms with E-state index in [0.717, 1.165) is 13.0 Å². The summed E-state index contributed by atoms with van der Waals surface area (Å²) < 4.78 is 0. The van der Waals surface area contributed by atoms with Gasteiger partial charge in [0, 0.05) is 25.6 Å². The second-order valence-corrected chi connectivity index (χ2v) is 3.71. The summed E-state index contributed by atoms with van der Waals surface area (Å²) in [5.41, 5.74) is 5.49. The molecule has 0 unspecified atom stereocenters. The van der Waals surface area contributed by atoms with Gasteiger partial charge in [-0.25, -0.2) is 0 Å². The molecule has 13 heavy (non-hydrogen) atoms. The van der Waals surface area contributed by atoms with Gasteiger partial charge < -0.3 is 10.6 Å². The summed E-state index contributed by atoms with van der Waals surface area (Å²) in [7, 11) is 0. The Balaban J connectivity index is 2.40. The Labute approximate surface area is 80.3 Å². The Kier molecular flexibility index (Phi) is 4.22. The topological polar surface area (TPSA) is 46.3 Å². The molecule has 0 aromatic heterocycles. The Morgan fingerprint density at radius 2 is 2.23 bits per heavy atom. The lowest BCUT2D eigenvalue weighted by Gasteiger charge is -2.37. The minimum Gasteiger partial charge on any atom is -0.338 e. The summed E-state index contributed by atoms with van der Waals surface area (Å²) in [5, 5.41) is 0. The number of carbonyl (C=O) groups is 1. The van der Waals surface area contributed by atoms with Crippen molar-refractivity contribution in [1.29, 1.82) is 0 Å². The standard InChI is InChI=1S/C10H20N2O/c1-2-4-10(13)12(8-7-11)9-5-3-6-9/h9H,2-8,11H2,1H3. The second-order valence-electron chi connectivity index (χ2n) is 3.71. The van der Waals surface area contributed by atoms with Crippen LogP contribution >= 0.6 is 0 Å². The molecule has 0 spiro atoms. The molecule has 1 fully saturated rings. The number of hydrogen-bond donors (Lipinski definition) is 1. The first-order valence-electron chi connectivity index (χ1n) is 5.29. The molecule has 0 heterocycles. The van der Waals surface area contributed by atoms with Crippen LogP contribution in [0, 0.1) is 0 Å². The van der Waals surface area contributed by atoms with Gasteiger partial charge in [0.1, 0.15) is 0 Å². The van der Waals surface area contributed by atoms with Gasteiger partial charge in [-0.3, -0.25) is 4.79 Å². The van der Waals surface area contributed by atoms with Crippen molar-refractivity contribution in [2.45, 2.75) is 45.1 Å². The average Bonchev–Trinajstić information content (AvgIpc) is 2.01. The van der Waals surface area contributed by atoms with E-state index in [-0.39, 0.29) is 5.91 Å². The van der Waals surface area contributed by atoms with E-state index in [0.29, 0.717) is 19.0 Å². The highest BCUT2D eigenvalue weighted by Gasteiger charge is 2.27. The fourth-order valence-corrected chi connectivity index (χ4v) is 1.71. The van der Waals surface area contributed by atoms with E-state index in [4.69, 9.17) is 5.73 Å². The Morgan fingerprint density at radius 1 is 1.54 bits per heavy atom. The molecule has 1 saturated carbocycles. The predicted octanol–water partition coefficient (Wildman–Crippen LogP) is 1.13.